The molecule has 1 unspecified atom stereocenters. The molecule has 0 bridgehead atoms. The third-order valence-electron chi connectivity index (χ3n) is 3.97. The third kappa shape index (κ3) is 2.96. The molecule has 7 heteroatoms. The lowest BCUT2D eigenvalue weighted by molar-refractivity contribution is -0.117. The molecule has 0 saturated carbocycles. The molecule has 1 aliphatic carbocycles. The van der Waals surface area contributed by atoms with Crippen LogP contribution in [0.25, 0.3) is 0 Å². The van der Waals surface area contributed by atoms with E-state index in [2.05, 4.69) is 0 Å². The van der Waals surface area contributed by atoms with Crippen LogP contribution in [-0.2, 0) is 20.3 Å². The van der Waals surface area contributed by atoms with Gasteiger partial charge in [0.25, 0.3) is 0 Å². The molecule has 112 valence electrons. The summed E-state index contributed by atoms with van der Waals surface area (Å²) in [6, 6.07) is 5.42. The molecule has 2 aliphatic rings. The monoisotopic (exact) mass is 327 g/mol. The Kier molecular flexibility index (Phi) is 3.53. The van der Waals surface area contributed by atoms with Gasteiger partial charge in [0.2, 0.25) is 15.0 Å². The maximum atomic E-state index is 12.1. The first-order valence-electron chi connectivity index (χ1n) is 6.72. The van der Waals surface area contributed by atoms with Gasteiger partial charge in [0.15, 0.2) is 5.78 Å². The number of rotatable bonds is 3. The van der Waals surface area contributed by atoms with Crippen LogP contribution in [0.4, 0.5) is 5.69 Å². The number of carbonyl (C=O) groups is 2. The molecular formula is C14H14ClNO4S. The molecule has 0 N–H and O–H groups in total. The first-order chi connectivity index (χ1) is 9.83. The van der Waals surface area contributed by atoms with E-state index in [0.717, 1.165) is 12.0 Å². The van der Waals surface area contributed by atoms with Crippen molar-refractivity contribution >= 4 is 37.1 Å². The van der Waals surface area contributed by atoms with Crippen molar-refractivity contribution in [3.8, 4) is 0 Å². The van der Waals surface area contributed by atoms with Crippen molar-refractivity contribution in [2.75, 3.05) is 17.2 Å². The first kappa shape index (κ1) is 14.5. The summed E-state index contributed by atoms with van der Waals surface area (Å²) in [4.78, 5) is 25.4. The maximum absolute atomic E-state index is 12.1. The molecule has 3 rings (SSSR count). The molecule has 0 radical (unpaired) electrons. The number of hydrogen-bond donors (Lipinski definition) is 0. The van der Waals surface area contributed by atoms with E-state index in [0.29, 0.717) is 24.2 Å². The van der Waals surface area contributed by atoms with Crippen molar-refractivity contribution in [2.24, 2.45) is 5.92 Å². The van der Waals surface area contributed by atoms with Gasteiger partial charge in [-0.3, -0.25) is 9.59 Å². The zero-order chi connectivity index (χ0) is 15.2. The van der Waals surface area contributed by atoms with Crippen molar-refractivity contribution in [3.63, 3.8) is 0 Å². The molecule has 0 aromatic heterocycles. The van der Waals surface area contributed by atoms with Gasteiger partial charge in [0.05, 0.1) is 5.75 Å². The van der Waals surface area contributed by atoms with E-state index in [1.807, 2.05) is 12.1 Å². The minimum Gasteiger partial charge on any atom is -0.312 e. The van der Waals surface area contributed by atoms with E-state index in [1.54, 1.807) is 11.0 Å². The van der Waals surface area contributed by atoms with Crippen LogP contribution in [0.5, 0.6) is 0 Å². The summed E-state index contributed by atoms with van der Waals surface area (Å²) >= 11 is 0. The number of nitrogens with zero attached hydrogens (tertiary/aromatic N) is 1. The van der Waals surface area contributed by atoms with Crippen LogP contribution >= 0.6 is 10.7 Å². The number of anilines is 1. The molecule has 1 saturated heterocycles. The van der Waals surface area contributed by atoms with Crippen molar-refractivity contribution in [1.82, 2.24) is 0 Å². The summed E-state index contributed by atoms with van der Waals surface area (Å²) in [5, 5.41) is 0. The number of aryl methyl sites for hydroxylation is 1. The average molecular weight is 328 g/mol. The molecule has 1 fully saturated rings. The van der Waals surface area contributed by atoms with Crippen LogP contribution in [0, 0.1) is 5.92 Å². The van der Waals surface area contributed by atoms with E-state index >= 15 is 0 Å². The second kappa shape index (κ2) is 5.10. The predicted octanol–water partition coefficient (Wildman–Crippen LogP) is 1.74. The van der Waals surface area contributed by atoms with Gasteiger partial charge in [-0.15, -0.1) is 0 Å². The van der Waals surface area contributed by atoms with Crippen LogP contribution in [-0.4, -0.2) is 32.4 Å². The number of hydrogen-bond acceptors (Lipinski definition) is 4. The quantitative estimate of drug-likeness (QED) is 0.793. The standard InChI is InChI=1S/C14H14ClNO4S/c15-21(19,20)8-9-5-14(18)16(7-9)11-3-1-10-2-4-13(17)12(10)6-11/h1,3,6,9H,2,4-5,7-8H2. The second-order valence-corrected chi connectivity index (χ2v) is 8.37. The molecule has 1 aliphatic heterocycles. The van der Waals surface area contributed by atoms with E-state index in [4.69, 9.17) is 10.7 Å². The second-order valence-electron chi connectivity index (χ2n) is 5.54. The number of halogens is 1. The number of ketones is 1. The van der Waals surface area contributed by atoms with E-state index in [-0.39, 0.29) is 29.8 Å². The predicted molar refractivity (Wildman–Crippen MR) is 79.2 cm³/mol. The zero-order valence-electron chi connectivity index (χ0n) is 11.2. The lowest BCUT2D eigenvalue weighted by Crippen LogP contribution is -2.25. The van der Waals surface area contributed by atoms with Crippen LogP contribution in [0.2, 0.25) is 0 Å². The van der Waals surface area contributed by atoms with E-state index < -0.39 is 9.05 Å². The summed E-state index contributed by atoms with van der Waals surface area (Å²) in [6.07, 6.45) is 1.42. The Hall–Kier alpha value is -1.40. The Morgan fingerprint density at radius 2 is 2.00 bits per heavy atom. The van der Waals surface area contributed by atoms with Crippen LogP contribution < -0.4 is 4.90 Å². The normalized spacial score (nSPS) is 22.0. The number of fused-ring (bicyclic) bond motifs is 1. The van der Waals surface area contributed by atoms with Gasteiger partial charge in [-0.05, 0) is 24.1 Å². The molecule has 1 aromatic rings. The Labute approximate surface area is 127 Å². The molecule has 21 heavy (non-hydrogen) atoms. The zero-order valence-corrected chi connectivity index (χ0v) is 12.8. The fourth-order valence-corrected chi connectivity index (χ4v) is 4.34. The number of Topliss-reactive ketones (excluding diaryl/α,β-unsaturated/α-hetero) is 1. The van der Waals surface area contributed by atoms with Crippen molar-refractivity contribution in [1.29, 1.82) is 0 Å². The van der Waals surface area contributed by atoms with Gasteiger partial charge in [0, 0.05) is 47.2 Å². The summed E-state index contributed by atoms with van der Waals surface area (Å²) in [7, 11) is 1.63. The Balaban J connectivity index is 1.83. The Morgan fingerprint density at radius 1 is 1.24 bits per heavy atom. The smallest absolute Gasteiger partial charge is 0.232 e. The number of benzene rings is 1. The van der Waals surface area contributed by atoms with Crippen molar-refractivity contribution < 1.29 is 18.0 Å². The Morgan fingerprint density at radius 3 is 2.71 bits per heavy atom. The summed E-state index contributed by atoms with van der Waals surface area (Å²) in [6.45, 7) is 0.317. The summed E-state index contributed by atoms with van der Waals surface area (Å²) in [5.74, 6) is -0.547. The molecule has 0 spiro atoms. The highest BCUT2D eigenvalue weighted by atomic mass is 35.7. The summed E-state index contributed by atoms with van der Waals surface area (Å²) < 4.78 is 22.2. The van der Waals surface area contributed by atoms with Gasteiger partial charge in [-0.25, -0.2) is 8.42 Å². The molecule has 1 heterocycles. The first-order valence-corrected chi connectivity index (χ1v) is 9.20. The number of carbonyl (C=O) groups excluding carboxylic acids is 2. The van der Waals surface area contributed by atoms with E-state index in [1.165, 1.54) is 0 Å². The van der Waals surface area contributed by atoms with Gasteiger partial charge in [-0.2, -0.15) is 0 Å². The van der Waals surface area contributed by atoms with E-state index in [9.17, 15) is 18.0 Å². The molecule has 1 aromatic carbocycles. The fraction of sp³-hybridized carbons (Fsp3) is 0.429. The van der Waals surface area contributed by atoms with Gasteiger partial charge < -0.3 is 4.90 Å². The van der Waals surface area contributed by atoms with Crippen LogP contribution in [0.1, 0.15) is 28.8 Å². The topological polar surface area (TPSA) is 71.5 Å². The minimum absolute atomic E-state index is 0.0957. The minimum atomic E-state index is -3.62. The fourth-order valence-electron chi connectivity index (χ4n) is 3.02. The van der Waals surface area contributed by atoms with Gasteiger partial charge >= 0.3 is 0 Å². The third-order valence-corrected chi connectivity index (χ3v) is 5.21. The average Bonchev–Trinajstić information content (AvgIpc) is 2.91. The molecular weight excluding hydrogens is 314 g/mol. The number of amides is 1. The highest BCUT2D eigenvalue weighted by Crippen LogP contribution is 2.31. The van der Waals surface area contributed by atoms with Crippen molar-refractivity contribution in [2.45, 2.75) is 19.3 Å². The molecule has 1 atom stereocenters. The molecule has 5 nitrogen and oxygen atoms in total. The Bertz CT molecular complexity index is 728. The SMILES string of the molecule is O=C1CCc2ccc(N3CC(CS(=O)(=O)Cl)CC3=O)cc21. The summed E-state index contributed by atoms with van der Waals surface area (Å²) in [5.41, 5.74) is 2.34. The maximum Gasteiger partial charge on any atom is 0.232 e. The van der Waals surface area contributed by atoms with Crippen LogP contribution in [0.3, 0.4) is 0 Å². The molecule has 1 amide bonds. The highest BCUT2D eigenvalue weighted by Gasteiger charge is 2.34. The largest absolute Gasteiger partial charge is 0.312 e. The van der Waals surface area contributed by atoms with Gasteiger partial charge in [0.1, 0.15) is 0 Å². The van der Waals surface area contributed by atoms with Crippen LogP contribution in [0.15, 0.2) is 18.2 Å². The van der Waals surface area contributed by atoms with Gasteiger partial charge in [-0.1, -0.05) is 6.07 Å². The lowest BCUT2D eigenvalue weighted by Gasteiger charge is -2.17. The highest BCUT2D eigenvalue weighted by molar-refractivity contribution is 8.13. The van der Waals surface area contributed by atoms with Crippen molar-refractivity contribution in [3.05, 3.63) is 29.3 Å². The lowest BCUT2D eigenvalue weighted by atomic mass is 10.1.